The fraction of sp³-hybridized carbons (Fsp3) is 0.190. The molecule has 0 spiro atoms. The van der Waals surface area contributed by atoms with Crippen LogP contribution in [0.25, 0.3) is 15.9 Å². The van der Waals surface area contributed by atoms with Crippen molar-refractivity contribution in [2.45, 2.75) is 27.3 Å². The fourth-order valence-corrected chi connectivity index (χ4v) is 4.38. The molecule has 0 saturated heterocycles. The van der Waals surface area contributed by atoms with Crippen molar-refractivity contribution in [3.05, 3.63) is 75.8 Å². The Morgan fingerprint density at radius 2 is 2.04 bits per heavy atom. The number of amides is 1. The third kappa shape index (κ3) is 3.29. The van der Waals surface area contributed by atoms with Crippen LogP contribution in [0.5, 0.6) is 0 Å². The Kier molecular flexibility index (Phi) is 4.68. The van der Waals surface area contributed by atoms with Crippen molar-refractivity contribution in [1.82, 2.24) is 20.1 Å². The summed E-state index contributed by atoms with van der Waals surface area (Å²) < 4.78 is 16.6. The predicted octanol–water partition coefficient (Wildman–Crippen LogP) is 4.48. The topological polar surface area (TPSA) is 59.8 Å². The molecule has 0 atom stereocenters. The zero-order valence-electron chi connectivity index (χ0n) is 15.8. The van der Waals surface area contributed by atoms with Gasteiger partial charge in [0.05, 0.1) is 10.6 Å². The number of fused-ring (bicyclic) bond motifs is 1. The lowest BCUT2D eigenvalue weighted by Gasteiger charge is -2.07. The van der Waals surface area contributed by atoms with Crippen molar-refractivity contribution >= 4 is 27.3 Å². The van der Waals surface area contributed by atoms with Crippen molar-refractivity contribution in [1.29, 1.82) is 0 Å². The second-order valence-corrected chi connectivity index (χ2v) is 7.77. The molecule has 0 saturated carbocycles. The van der Waals surface area contributed by atoms with Crippen LogP contribution in [0.2, 0.25) is 0 Å². The lowest BCUT2D eigenvalue weighted by molar-refractivity contribution is 0.0954. The molecule has 28 heavy (non-hydrogen) atoms. The summed E-state index contributed by atoms with van der Waals surface area (Å²) in [7, 11) is 0. The first-order valence-electron chi connectivity index (χ1n) is 8.88. The van der Waals surface area contributed by atoms with Gasteiger partial charge in [-0.05, 0) is 56.2 Å². The quantitative estimate of drug-likeness (QED) is 0.555. The molecule has 5 nitrogen and oxygen atoms in total. The molecule has 0 radical (unpaired) electrons. The van der Waals surface area contributed by atoms with Crippen molar-refractivity contribution < 1.29 is 9.18 Å². The monoisotopic (exact) mass is 394 g/mol. The Morgan fingerprint density at radius 3 is 2.68 bits per heavy atom. The number of halogens is 1. The summed E-state index contributed by atoms with van der Waals surface area (Å²) in [4.78, 5) is 17.6. The zero-order chi connectivity index (χ0) is 19.8. The second-order valence-electron chi connectivity index (χ2n) is 6.72. The Labute approximate surface area is 165 Å². The number of nitrogens with one attached hydrogen (secondary N) is 1. The molecule has 0 fully saturated rings. The SMILES string of the molecule is Cc1cc(C)n(-c2ccc(CNC(=O)c3sc4cccc(F)c4c3C)cn2)n1. The van der Waals surface area contributed by atoms with Crippen molar-refractivity contribution in [2.75, 3.05) is 0 Å². The third-order valence-corrected chi connectivity index (χ3v) is 5.85. The van der Waals surface area contributed by atoms with Crippen LogP contribution in [0.1, 0.15) is 32.2 Å². The van der Waals surface area contributed by atoms with E-state index in [1.165, 1.54) is 17.4 Å². The number of pyridine rings is 1. The molecule has 0 unspecified atom stereocenters. The summed E-state index contributed by atoms with van der Waals surface area (Å²) in [5, 5.41) is 7.84. The van der Waals surface area contributed by atoms with Gasteiger partial charge < -0.3 is 5.32 Å². The van der Waals surface area contributed by atoms with Crippen molar-refractivity contribution in [3.8, 4) is 5.82 Å². The Morgan fingerprint density at radius 1 is 1.21 bits per heavy atom. The van der Waals surface area contributed by atoms with E-state index in [9.17, 15) is 9.18 Å². The second kappa shape index (κ2) is 7.16. The molecular formula is C21H19FN4OS. The average molecular weight is 394 g/mol. The molecule has 142 valence electrons. The molecule has 1 aromatic carbocycles. The van der Waals surface area contributed by atoms with E-state index < -0.39 is 0 Å². The number of rotatable bonds is 4. The highest BCUT2D eigenvalue weighted by atomic mass is 32.1. The van der Waals surface area contributed by atoms with Gasteiger partial charge in [-0.2, -0.15) is 5.10 Å². The number of hydrogen-bond acceptors (Lipinski definition) is 4. The van der Waals surface area contributed by atoms with Gasteiger partial charge in [0, 0.05) is 28.5 Å². The minimum Gasteiger partial charge on any atom is -0.347 e. The minimum absolute atomic E-state index is 0.208. The first-order chi connectivity index (χ1) is 13.4. The minimum atomic E-state index is -0.297. The first-order valence-corrected chi connectivity index (χ1v) is 9.70. The van der Waals surface area contributed by atoms with E-state index in [0.717, 1.165) is 27.5 Å². The summed E-state index contributed by atoms with van der Waals surface area (Å²) in [6.07, 6.45) is 1.73. The molecular weight excluding hydrogens is 375 g/mol. The Bertz CT molecular complexity index is 1180. The largest absolute Gasteiger partial charge is 0.347 e. The zero-order valence-corrected chi connectivity index (χ0v) is 16.6. The highest BCUT2D eigenvalue weighted by Crippen LogP contribution is 2.32. The third-order valence-electron chi connectivity index (χ3n) is 4.60. The molecule has 4 aromatic rings. The highest BCUT2D eigenvalue weighted by molar-refractivity contribution is 7.21. The standard InChI is InChI=1S/C21H19FN4OS/c1-12-9-13(2)26(25-12)18-8-7-15(10-23-18)11-24-21(27)20-14(3)19-16(22)5-4-6-17(19)28-20/h4-10H,11H2,1-3H3,(H,24,27). The van der Waals surface area contributed by atoms with E-state index in [4.69, 9.17) is 0 Å². The number of aromatic nitrogens is 3. The number of carbonyl (C=O) groups excluding carboxylic acids is 1. The molecule has 0 bridgehead atoms. The van der Waals surface area contributed by atoms with E-state index in [1.54, 1.807) is 23.9 Å². The molecule has 7 heteroatoms. The average Bonchev–Trinajstić information content (AvgIpc) is 3.20. The van der Waals surface area contributed by atoms with Gasteiger partial charge in [-0.15, -0.1) is 11.3 Å². The van der Waals surface area contributed by atoms with Crippen molar-refractivity contribution in [3.63, 3.8) is 0 Å². The van der Waals surface area contributed by atoms with Crippen LogP contribution in [0, 0.1) is 26.6 Å². The van der Waals surface area contributed by atoms with Crippen LogP contribution in [0.4, 0.5) is 4.39 Å². The molecule has 1 amide bonds. The number of nitrogens with zero attached hydrogens (tertiary/aromatic N) is 3. The summed E-state index contributed by atoms with van der Waals surface area (Å²) >= 11 is 1.31. The van der Waals surface area contributed by atoms with Crippen LogP contribution in [-0.4, -0.2) is 20.7 Å². The summed E-state index contributed by atoms with van der Waals surface area (Å²) in [5.74, 6) is 0.228. The van der Waals surface area contributed by atoms with Crippen molar-refractivity contribution in [2.24, 2.45) is 0 Å². The summed E-state index contributed by atoms with van der Waals surface area (Å²) in [6, 6.07) is 10.7. The van der Waals surface area contributed by atoms with E-state index in [-0.39, 0.29) is 11.7 Å². The van der Waals surface area contributed by atoms with Gasteiger partial charge in [0.1, 0.15) is 5.82 Å². The maximum Gasteiger partial charge on any atom is 0.261 e. The van der Waals surface area contributed by atoms with Gasteiger partial charge in [0.15, 0.2) is 5.82 Å². The van der Waals surface area contributed by atoms with Gasteiger partial charge in [-0.3, -0.25) is 4.79 Å². The van der Waals surface area contributed by atoms with E-state index in [1.807, 2.05) is 38.1 Å². The maximum atomic E-state index is 14.0. The van der Waals surface area contributed by atoms with Crippen LogP contribution in [-0.2, 0) is 6.54 Å². The highest BCUT2D eigenvalue weighted by Gasteiger charge is 2.17. The molecule has 3 aromatic heterocycles. The van der Waals surface area contributed by atoms with E-state index in [0.29, 0.717) is 22.4 Å². The maximum absolute atomic E-state index is 14.0. The molecule has 0 aliphatic heterocycles. The van der Waals surface area contributed by atoms with E-state index >= 15 is 0 Å². The molecule has 4 rings (SSSR count). The number of thiophene rings is 1. The number of benzene rings is 1. The lowest BCUT2D eigenvalue weighted by Crippen LogP contribution is -2.22. The summed E-state index contributed by atoms with van der Waals surface area (Å²) in [5.41, 5.74) is 3.50. The van der Waals surface area contributed by atoms with Gasteiger partial charge in [-0.25, -0.2) is 14.1 Å². The number of carbonyl (C=O) groups is 1. The molecule has 3 heterocycles. The Balaban J connectivity index is 1.49. The van der Waals surface area contributed by atoms with Gasteiger partial charge in [0.25, 0.3) is 5.91 Å². The molecule has 0 aliphatic rings. The predicted molar refractivity (Wildman–Crippen MR) is 109 cm³/mol. The first kappa shape index (κ1) is 18.3. The normalized spacial score (nSPS) is 11.1. The molecule has 0 aliphatic carbocycles. The Hall–Kier alpha value is -3.06. The van der Waals surface area contributed by atoms with E-state index in [2.05, 4.69) is 15.4 Å². The number of hydrogen-bond donors (Lipinski definition) is 1. The van der Waals surface area contributed by atoms with Gasteiger partial charge in [-0.1, -0.05) is 12.1 Å². The lowest BCUT2D eigenvalue weighted by atomic mass is 10.1. The van der Waals surface area contributed by atoms with Gasteiger partial charge >= 0.3 is 0 Å². The summed E-state index contributed by atoms with van der Waals surface area (Å²) in [6.45, 7) is 6.04. The number of aryl methyl sites for hydroxylation is 3. The van der Waals surface area contributed by atoms with Crippen LogP contribution < -0.4 is 5.32 Å². The smallest absolute Gasteiger partial charge is 0.261 e. The van der Waals surface area contributed by atoms with Crippen LogP contribution in [0.3, 0.4) is 0 Å². The van der Waals surface area contributed by atoms with Crippen LogP contribution >= 0.6 is 11.3 Å². The van der Waals surface area contributed by atoms with Crippen LogP contribution in [0.15, 0.2) is 42.6 Å². The fourth-order valence-electron chi connectivity index (χ4n) is 3.24. The molecule has 1 N–H and O–H groups in total. The van der Waals surface area contributed by atoms with Gasteiger partial charge in [0.2, 0.25) is 0 Å².